The molecule has 0 bridgehead atoms. The first-order valence-electron chi connectivity index (χ1n) is 6.31. The zero-order valence-electron chi connectivity index (χ0n) is 11.3. The van der Waals surface area contributed by atoms with Crippen molar-refractivity contribution in [2.24, 2.45) is 0 Å². The fourth-order valence-electron chi connectivity index (χ4n) is 1.82. The highest BCUT2D eigenvalue weighted by atomic mass is 16.5. The molecule has 1 heterocycles. The molecule has 0 aliphatic heterocycles. The third kappa shape index (κ3) is 3.72. The fourth-order valence-corrected chi connectivity index (χ4v) is 1.82. The van der Waals surface area contributed by atoms with Crippen LogP contribution in [0.3, 0.4) is 0 Å². The van der Waals surface area contributed by atoms with Gasteiger partial charge in [-0.15, -0.1) is 0 Å². The van der Waals surface area contributed by atoms with Crippen molar-refractivity contribution in [3.05, 3.63) is 42.0 Å². The topological polar surface area (TPSA) is 59.2 Å². The maximum atomic E-state index is 5.55. The van der Waals surface area contributed by atoms with E-state index in [4.69, 9.17) is 9.47 Å². The molecule has 2 aromatic rings. The van der Waals surface area contributed by atoms with Crippen molar-refractivity contribution in [2.45, 2.75) is 20.0 Å². The molecule has 0 aliphatic rings. The van der Waals surface area contributed by atoms with Crippen LogP contribution in [-0.4, -0.2) is 23.7 Å². The fraction of sp³-hybridized carbons (Fsp3) is 0.357. The summed E-state index contributed by atoms with van der Waals surface area (Å²) in [6, 6.07) is 5.96. The molecular weight excluding hydrogens is 242 g/mol. The minimum atomic E-state index is 0.626. The molecule has 0 radical (unpaired) electrons. The van der Waals surface area contributed by atoms with Gasteiger partial charge in [0.15, 0.2) is 11.5 Å². The molecule has 0 atom stereocenters. The van der Waals surface area contributed by atoms with Crippen LogP contribution in [0.15, 0.2) is 30.7 Å². The van der Waals surface area contributed by atoms with E-state index in [1.165, 1.54) is 0 Å². The van der Waals surface area contributed by atoms with Gasteiger partial charge >= 0.3 is 0 Å². The van der Waals surface area contributed by atoms with Gasteiger partial charge in [-0.1, -0.05) is 6.07 Å². The van der Waals surface area contributed by atoms with E-state index in [1.807, 2.05) is 31.3 Å². The normalized spacial score (nSPS) is 10.4. The summed E-state index contributed by atoms with van der Waals surface area (Å²) in [7, 11) is 1.65. The Morgan fingerprint density at radius 3 is 2.84 bits per heavy atom. The Morgan fingerprint density at radius 2 is 2.16 bits per heavy atom. The first-order valence-corrected chi connectivity index (χ1v) is 6.31. The highest BCUT2D eigenvalue weighted by molar-refractivity contribution is 5.42. The molecule has 2 N–H and O–H groups in total. The van der Waals surface area contributed by atoms with Crippen LogP contribution >= 0.6 is 0 Å². The second-order valence-electron chi connectivity index (χ2n) is 4.10. The SMILES string of the molecule is CCOc1cc(CNCc2cnc[nH]2)ccc1OC. The van der Waals surface area contributed by atoms with Gasteiger partial charge in [0.25, 0.3) is 0 Å². The predicted molar refractivity (Wildman–Crippen MR) is 73.3 cm³/mol. The molecule has 19 heavy (non-hydrogen) atoms. The van der Waals surface area contributed by atoms with Crippen LogP contribution in [0, 0.1) is 0 Å². The Hall–Kier alpha value is -2.01. The van der Waals surface area contributed by atoms with Gasteiger partial charge in [-0.25, -0.2) is 4.98 Å². The maximum absolute atomic E-state index is 5.55. The van der Waals surface area contributed by atoms with Crippen molar-refractivity contribution in [2.75, 3.05) is 13.7 Å². The van der Waals surface area contributed by atoms with Crippen molar-refractivity contribution in [3.63, 3.8) is 0 Å². The van der Waals surface area contributed by atoms with Crippen LogP contribution in [0.1, 0.15) is 18.2 Å². The zero-order chi connectivity index (χ0) is 13.5. The lowest BCUT2D eigenvalue weighted by Crippen LogP contribution is -2.13. The molecule has 0 spiro atoms. The summed E-state index contributed by atoms with van der Waals surface area (Å²) in [4.78, 5) is 7.03. The number of ether oxygens (including phenoxy) is 2. The summed E-state index contributed by atoms with van der Waals surface area (Å²) in [6.45, 7) is 4.11. The lowest BCUT2D eigenvalue weighted by Gasteiger charge is -2.11. The lowest BCUT2D eigenvalue weighted by atomic mass is 10.2. The van der Waals surface area contributed by atoms with Crippen molar-refractivity contribution in [1.82, 2.24) is 15.3 Å². The van der Waals surface area contributed by atoms with E-state index < -0.39 is 0 Å². The van der Waals surface area contributed by atoms with Gasteiger partial charge in [-0.2, -0.15) is 0 Å². The number of hydrogen-bond acceptors (Lipinski definition) is 4. The molecule has 0 amide bonds. The number of benzene rings is 1. The number of methoxy groups -OCH3 is 1. The molecule has 0 unspecified atom stereocenters. The van der Waals surface area contributed by atoms with Crippen LogP contribution in [0.5, 0.6) is 11.5 Å². The predicted octanol–water partition coefficient (Wildman–Crippen LogP) is 2.11. The lowest BCUT2D eigenvalue weighted by molar-refractivity contribution is 0.310. The molecular formula is C14H19N3O2. The first-order chi connectivity index (χ1) is 9.33. The Balaban J connectivity index is 1.94. The zero-order valence-corrected chi connectivity index (χ0v) is 11.3. The monoisotopic (exact) mass is 261 g/mol. The minimum absolute atomic E-state index is 0.626. The summed E-state index contributed by atoms with van der Waals surface area (Å²) in [6.07, 6.45) is 3.49. The Bertz CT molecular complexity index is 497. The molecule has 0 aliphatic carbocycles. The van der Waals surface area contributed by atoms with Gasteiger partial charge in [0.05, 0.1) is 20.0 Å². The Morgan fingerprint density at radius 1 is 1.26 bits per heavy atom. The number of H-pyrrole nitrogens is 1. The van der Waals surface area contributed by atoms with Crippen LogP contribution in [-0.2, 0) is 13.1 Å². The number of aromatic nitrogens is 2. The average Bonchev–Trinajstić information content (AvgIpc) is 2.93. The number of imidazole rings is 1. The molecule has 102 valence electrons. The molecule has 2 rings (SSSR count). The smallest absolute Gasteiger partial charge is 0.161 e. The maximum Gasteiger partial charge on any atom is 0.161 e. The number of nitrogens with one attached hydrogen (secondary N) is 2. The molecule has 1 aromatic heterocycles. The highest BCUT2D eigenvalue weighted by Crippen LogP contribution is 2.27. The molecule has 5 nitrogen and oxygen atoms in total. The minimum Gasteiger partial charge on any atom is -0.493 e. The van der Waals surface area contributed by atoms with Gasteiger partial charge in [0, 0.05) is 25.0 Å². The van der Waals surface area contributed by atoms with Crippen molar-refractivity contribution >= 4 is 0 Å². The summed E-state index contributed by atoms with van der Waals surface area (Å²) in [5.41, 5.74) is 2.22. The van der Waals surface area contributed by atoms with Gasteiger partial charge in [0.2, 0.25) is 0 Å². The van der Waals surface area contributed by atoms with Crippen molar-refractivity contribution in [1.29, 1.82) is 0 Å². The highest BCUT2D eigenvalue weighted by Gasteiger charge is 2.05. The summed E-state index contributed by atoms with van der Waals surface area (Å²) in [5, 5.41) is 3.34. The summed E-state index contributed by atoms with van der Waals surface area (Å²) in [5.74, 6) is 1.55. The van der Waals surface area contributed by atoms with Crippen LogP contribution in [0.25, 0.3) is 0 Å². The molecule has 0 saturated heterocycles. The van der Waals surface area contributed by atoms with Gasteiger partial charge in [-0.3, -0.25) is 0 Å². The van der Waals surface area contributed by atoms with E-state index in [0.717, 1.165) is 35.8 Å². The van der Waals surface area contributed by atoms with Crippen molar-refractivity contribution in [3.8, 4) is 11.5 Å². The van der Waals surface area contributed by atoms with E-state index in [2.05, 4.69) is 15.3 Å². The van der Waals surface area contributed by atoms with Crippen LogP contribution in [0.2, 0.25) is 0 Å². The largest absolute Gasteiger partial charge is 0.493 e. The number of hydrogen-bond donors (Lipinski definition) is 2. The van der Waals surface area contributed by atoms with E-state index >= 15 is 0 Å². The summed E-state index contributed by atoms with van der Waals surface area (Å²) < 4.78 is 10.8. The quantitative estimate of drug-likeness (QED) is 0.801. The standard InChI is InChI=1S/C14H19N3O2/c1-3-19-14-6-11(4-5-13(14)18-2)7-15-8-12-9-16-10-17-12/h4-6,9-10,15H,3,7-8H2,1-2H3,(H,16,17). The van der Waals surface area contributed by atoms with Crippen LogP contribution in [0.4, 0.5) is 0 Å². The van der Waals surface area contributed by atoms with Gasteiger partial charge < -0.3 is 19.8 Å². The third-order valence-corrected chi connectivity index (χ3v) is 2.73. The van der Waals surface area contributed by atoms with Crippen molar-refractivity contribution < 1.29 is 9.47 Å². The number of rotatable bonds is 7. The van der Waals surface area contributed by atoms with E-state index in [9.17, 15) is 0 Å². The summed E-state index contributed by atoms with van der Waals surface area (Å²) >= 11 is 0. The van der Waals surface area contributed by atoms with E-state index in [1.54, 1.807) is 13.4 Å². The van der Waals surface area contributed by atoms with E-state index in [0.29, 0.717) is 6.61 Å². The molecule has 0 saturated carbocycles. The molecule has 5 heteroatoms. The first kappa shape index (κ1) is 13.4. The second-order valence-corrected chi connectivity index (χ2v) is 4.10. The molecule has 1 aromatic carbocycles. The van der Waals surface area contributed by atoms with Gasteiger partial charge in [0.1, 0.15) is 0 Å². The third-order valence-electron chi connectivity index (χ3n) is 2.73. The van der Waals surface area contributed by atoms with E-state index in [-0.39, 0.29) is 0 Å². The van der Waals surface area contributed by atoms with Crippen LogP contribution < -0.4 is 14.8 Å². The number of aromatic amines is 1. The second kappa shape index (κ2) is 6.80. The molecule has 0 fully saturated rings. The Labute approximate surface area is 113 Å². The number of nitrogens with zero attached hydrogens (tertiary/aromatic N) is 1. The Kier molecular flexibility index (Phi) is 4.80. The average molecular weight is 261 g/mol. The van der Waals surface area contributed by atoms with Gasteiger partial charge in [-0.05, 0) is 24.6 Å².